The van der Waals surface area contributed by atoms with Crippen LogP contribution in [0.25, 0.3) is 0 Å². The first kappa shape index (κ1) is 17.0. The van der Waals surface area contributed by atoms with Gasteiger partial charge in [-0.25, -0.2) is 0 Å². The Bertz CT molecular complexity index is 579. The van der Waals surface area contributed by atoms with Gasteiger partial charge in [0.1, 0.15) is 0 Å². The summed E-state index contributed by atoms with van der Waals surface area (Å²) in [6, 6.07) is 7.90. The highest BCUT2D eigenvalue weighted by Gasteiger charge is 2.26. The lowest BCUT2D eigenvalue weighted by Crippen LogP contribution is -2.32. The minimum atomic E-state index is -0.0934. The molecule has 1 aliphatic carbocycles. The zero-order valence-corrected chi connectivity index (χ0v) is 14.4. The zero-order chi connectivity index (χ0) is 16.8. The molecule has 0 radical (unpaired) electrons. The Morgan fingerprint density at radius 3 is 2.79 bits per heavy atom. The average molecular weight is 328 g/mol. The van der Waals surface area contributed by atoms with Gasteiger partial charge in [-0.15, -0.1) is 0 Å². The van der Waals surface area contributed by atoms with Gasteiger partial charge in [0.25, 0.3) is 0 Å². The van der Waals surface area contributed by atoms with Crippen LogP contribution in [0.15, 0.2) is 24.3 Å². The average Bonchev–Trinajstić information content (AvgIpc) is 3.10. The number of rotatable bonds is 7. The van der Waals surface area contributed by atoms with E-state index in [1.54, 1.807) is 0 Å². The van der Waals surface area contributed by atoms with Gasteiger partial charge in [-0.05, 0) is 43.2 Å². The molecule has 1 aromatic rings. The van der Waals surface area contributed by atoms with Gasteiger partial charge in [0.2, 0.25) is 11.8 Å². The number of anilines is 1. The first-order valence-corrected chi connectivity index (χ1v) is 9.38. The van der Waals surface area contributed by atoms with Gasteiger partial charge < -0.3 is 10.6 Å². The second kappa shape index (κ2) is 8.32. The van der Waals surface area contributed by atoms with Gasteiger partial charge in [-0.2, -0.15) is 0 Å². The van der Waals surface area contributed by atoms with Crippen molar-refractivity contribution < 1.29 is 9.59 Å². The van der Waals surface area contributed by atoms with Crippen LogP contribution >= 0.6 is 0 Å². The molecule has 1 saturated carbocycles. The number of fused-ring (bicyclic) bond motifs is 1. The second-order valence-electron chi connectivity index (χ2n) is 7.23. The number of hydrogen-bond donors (Lipinski definition) is 2. The molecule has 1 fully saturated rings. The van der Waals surface area contributed by atoms with E-state index in [9.17, 15) is 9.59 Å². The predicted octanol–water partition coefficient (Wildman–Crippen LogP) is 3.66. The summed E-state index contributed by atoms with van der Waals surface area (Å²) < 4.78 is 0. The van der Waals surface area contributed by atoms with Crippen LogP contribution < -0.4 is 10.6 Å². The molecule has 1 aromatic carbocycles. The van der Waals surface area contributed by atoms with E-state index in [0.717, 1.165) is 31.0 Å². The van der Waals surface area contributed by atoms with Gasteiger partial charge in [0, 0.05) is 24.6 Å². The molecule has 2 aliphatic rings. The number of benzene rings is 1. The summed E-state index contributed by atoms with van der Waals surface area (Å²) in [6.07, 6.45) is 9.59. The summed E-state index contributed by atoms with van der Waals surface area (Å²) in [5.41, 5.74) is 2.08. The maximum atomic E-state index is 12.1. The molecule has 4 nitrogen and oxygen atoms in total. The Balaban J connectivity index is 1.34. The lowest BCUT2D eigenvalue weighted by atomic mass is 9.89. The standard InChI is InChI=1S/C20H28N2O2/c23-19(21-13-5-8-15-6-1-2-7-15)12-11-17-14-16-9-3-4-10-18(16)22-20(17)24/h3-4,9-10,15,17H,1-2,5-8,11-14H2,(H,21,23)(H,22,24). The van der Waals surface area contributed by atoms with E-state index in [1.165, 1.54) is 37.7 Å². The minimum absolute atomic E-state index is 0.0442. The highest BCUT2D eigenvalue weighted by molar-refractivity contribution is 5.96. The lowest BCUT2D eigenvalue weighted by Gasteiger charge is -2.24. The Hall–Kier alpha value is -1.84. The van der Waals surface area contributed by atoms with Crippen LogP contribution in [0.3, 0.4) is 0 Å². The molecule has 1 aliphatic heterocycles. The Kier molecular flexibility index (Phi) is 5.89. The van der Waals surface area contributed by atoms with Crippen molar-refractivity contribution in [2.75, 3.05) is 11.9 Å². The molecule has 0 spiro atoms. The molecule has 0 saturated heterocycles. The summed E-state index contributed by atoms with van der Waals surface area (Å²) >= 11 is 0. The van der Waals surface area contributed by atoms with Gasteiger partial charge >= 0.3 is 0 Å². The molecule has 3 rings (SSSR count). The molecule has 24 heavy (non-hydrogen) atoms. The number of carbonyl (C=O) groups is 2. The number of nitrogens with one attached hydrogen (secondary N) is 2. The van der Waals surface area contributed by atoms with Crippen molar-refractivity contribution in [1.82, 2.24) is 5.32 Å². The van der Waals surface area contributed by atoms with Gasteiger partial charge in [-0.3, -0.25) is 9.59 Å². The molecular weight excluding hydrogens is 300 g/mol. The van der Waals surface area contributed by atoms with E-state index in [4.69, 9.17) is 0 Å². The number of carbonyl (C=O) groups excluding carboxylic acids is 2. The van der Waals surface area contributed by atoms with Crippen LogP contribution in [-0.4, -0.2) is 18.4 Å². The van der Waals surface area contributed by atoms with Crippen molar-refractivity contribution in [2.45, 2.75) is 57.8 Å². The smallest absolute Gasteiger partial charge is 0.227 e. The molecule has 130 valence electrons. The Morgan fingerprint density at radius 2 is 1.96 bits per heavy atom. The molecule has 2 amide bonds. The fourth-order valence-corrected chi connectivity index (χ4v) is 3.96. The quantitative estimate of drug-likeness (QED) is 0.750. The Morgan fingerprint density at radius 1 is 1.17 bits per heavy atom. The van der Waals surface area contributed by atoms with E-state index < -0.39 is 0 Å². The predicted molar refractivity (Wildman–Crippen MR) is 95.7 cm³/mol. The van der Waals surface area contributed by atoms with E-state index in [0.29, 0.717) is 12.8 Å². The molecule has 1 heterocycles. The largest absolute Gasteiger partial charge is 0.356 e. The topological polar surface area (TPSA) is 58.2 Å². The lowest BCUT2D eigenvalue weighted by molar-refractivity contribution is -0.122. The van der Waals surface area contributed by atoms with Crippen molar-refractivity contribution in [1.29, 1.82) is 0 Å². The van der Waals surface area contributed by atoms with Gasteiger partial charge in [-0.1, -0.05) is 43.9 Å². The van der Waals surface area contributed by atoms with Gasteiger partial charge in [0.05, 0.1) is 0 Å². The monoisotopic (exact) mass is 328 g/mol. The minimum Gasteiger partial charge on any atom is -0.356 e. The van der Waals surface area contributed by atoms with Crippen LogP contribution in [-0.2, 0) is 16.0 Å². The van der Waals surface area contributed by atoms with Gasteiger partial charge in [0.15, 0.2) is 0 Å². The summed E-state index contributed by atoms with van der Waals surface area (Å²) in [7, 11) is 0. The fraction of sp³-hybridized carbons (Fsp3) is 0.600. The molecule has 1 atom stereocenters. The highest BCUT2D eigenvalue weighted by Crippen LogP contribution is 2.28. The van der Waals surface area contributed by atoms with Crippen molar-refractivity contribution in [3.8, 4) is 0 Å². The van der Waals surface area contributed by atoms with Crippen molar-refractivity contribution in [2.24, 2.45) is 11.8 Å². The first-order chi connectivity index (χ1) is 11.7. The Labute approximate surface area is 144 Å². The third-order valence-electron chi connectivity index (χ3n) is 5.42. The third-order valence-corrected chi connectivity index (χ3v) is 5.42. The van der Waals surface area contributed by atoms with Crippen LogP contribution in [0.2, 0.25) is 0 Å². The molecule has 0 bridgehead atoms. The molecule has 1 unspecified atom stereocenters. The summed E-state index contributed by atoms with van der Waals surface area (Å²) in [6.45, 7) is 0.773. The summed E-state index contributed by atoms with van der Waals surface area (Å²) in [5.74, 6) is 0.910. The van der Waals surface area contributed by atoms with Crippen LogP contribution in [0.5, 0.6) is 0 Å². The normalized spacial score (nSPS) is 20.5. The van der Waals surface area contributed by atoms with E-state index in [2.05, 4.69) is 10.6 Å². The maximum absolute atomic E-state index is 12.1. The zero-order valence-electron chi connectivity index (χ0n) is 14.4. The molecule has 2 N–H and O–H groups in total. The van der Waals surface area contributed by atoms with Crippen molar-refractivity contribution >= 4 is 17.5 Å². The molecule has 4 heteroatoms. The van der Waals surface area contributed by atoms with E-state index >= 15 is 0 Å². The number of para-hydroxylation sites is 1. The number of amides is 2. The number of hydrogen-bond acceptors (Lipinski definition) is 2. The van der Waals surface area contributed by atoms with Crippen LogP contribution in [0.1, 0.15) is 56.9 Å². The second-order valence-corrected chi connectivity index (χ2v) is 7.23. The van der Waals surface area contributed by atoms with Crippen LogP contribution in [0, 0.1) is 11.8 Å². The molecule has 0 aromatic heterocycles. The van der Waals surface area contributed by atoms with Crippen molar-refractivity contribution in [3.05, 3.63) is 29.8 Å². The van der Waals surface area contributed by atoms with Crippen molar-refractivity contribution in [3.63, 3.8) is 0 Å². The summed E-state index contributed by atoms with van der Waals surface area (Å²) in [4.78, 5) is 24.1. The molecular formula is C20H28N2O2. The summed E-state index contributed by atoms with van der Waals surface area (Å²) in [5, 5.41) is 5.96. The SMILES string of the molecule is O=C(CCC1Cc2ccccc2NC1=O)NCCCC1CCCC1. The third kappa shape index (κ3) is 4.59. The van der Waals surface area contributed by atoms with E-state index in [-0.39, 0.29) is 17.7 Å². The maximum Gasteiger partial charge on any atom is 0.227 e. The van der Waals surface area contributed by atoms with E-state index in [1.807, 2.05) is 24.3 Å². The highest BCUT2D eigenvalue weighted by atomic mass is 16.2. The first-order valence-electron chi connectivity index (χ1n) is 9.38. The fourth-order valence-electron chi connectivity index (χ4n) is 3.96. The van der Waals surface area contributed by atoms with Crippen LogP contribution in [0.4, 0.5) is 5.69 Å².